The van der Waals surface area contributed by atoms with Crippen LogP contribution in [0.15, 0.2) is 42.5 Å². The first-order valence-corrected chi connectivity index (χ1v) is 8.38. The number of amides is 1. The lowest BCUT2D eigenvalue weighted by Gasteiger charge is -2.27. The Morgan fingerprint density at radius 1 is 1.16 bits per heavy atom. The number of hydrogen-bond donors (Lipinski definition) is 0. The first kappa shape index (κ1) is 17.0. The van der Waals surface area contributed by atoms with Crippen LogP contribution in [0.2, 0.25) is 0 Å². The van der Waals surface area contributed by atoms with E-state index in [-0.39, 0.29) is 18.1 Å². The van der Waals surface area contributed by atoms with Crippen LogP contribution in [0.4, 0.5) is 4.39 Å². The summed E-state index contributed by atoms with van der Waals surface area (Å²) in [7, 11) is 0. The second-order valence-corrected chi connectivity index (χ2v) is 6.06. The summed E-state index contributed by atoms with van der Waals surface area (Å²) < 4.78 is 19.7. The molecule has 3 rings (SSSR count). The Kier molecular flexibility index (Phi) is 5.30. The summed E-state index contributed by atoms with van der Waals surface area (Å²) in [6.45, 7) is 1.52. The van der Waals surface area contributed by atoms with Gasteiger partial charge in [-0.2, -0.15) is 5.26 Å². The van der Waals surface area contributed by atoms with Gasteiger partial charge in [-0.1, -0.05) is 18.2 Å². The molecule has 1 amide bonds. The molecule has 1 heterocycles. The molecule has 0 radical (unpaired) electrons. The summed E-state index contributed by atoms with van der Waals surface area (Å²) in [5.74, 6) is -0.0867. The smallest absolute Gasteiger partial charge is 0.257 e. The maximum atomic E-state index is 14.0. The van der Waals surface area contributed by atoms with Crippen LogP contribution in [0.5, 0.6) is 5.75 Å². The summed E-state index contributed by atoms with van der Waals surface area (Å²) in [6, 6.07) is 13.2. The topological polar surface area (TPSA) is 53.3 Å². The molecule has 0 bridgehead atoms. The second kappa shape index (κ2) is 7.80. The highest BCUT2D eigenvalue weighted by atomic mass is 19.1. The average Bonchev–Trinajstić information content (AvgIpc) is 2.67. The van der Waals surface area contributed by atoms with Crippen molar-refractivity contribution in [3.63, 3.8) is 0 Å². The van der Waals surface area contributed by atoms with Gasteiger partial charge in [-0.25, -0.2) is 4.39 Å². The summed E-state index contributed by atoms with van der Waals surface area (Å²) in [5.41, 5.74) is 1.11. The molecule has 0 unspecified atom stereocenters. The maximum Gasteiger partial charge on any atom is 0.257 e. The summed E-state index contributed by atoms with van der Waals surface area (Å²) in [6.07, 6.45) is 3.19. The highest BCUT2D eigenvalue weighted by Gasteiger charge is 2.21. The number of para-hydroxylation sites is 1. The molecule has 2 aromatic rings. The molecular weight excluding hydrogens is 319 g/mol. The number of ether oxygens (including phenoxy) is 1. The Morgan fingerprint density at radius 3 is 2.64 bits per heavy atom. The molecular formula is C20H19FN2O2. The van der Waals surface area contributed by atoms with Crippen LogP contribution >= 0.6 is 0 Å². The largest absolute Gasteiger partial charge is 0.488 e. The van der Waals surface area contributed by atoms with Crippen molar-refractivity contribution in [1.82, 2.24) is 4.90 Å². The molecule has 0 spiro atoms. The highest BCUT2D eigenvalue weighted by molar-refractivity contribution is 5.97. The molecule has 128 valence electrons. The van der Waals surface area contributed by atoms with Gasteiger partial charge >= 0.3 is 0 Å². The molecule has 0 saturated carbocycles. The Balaban J connectivity index is 1.75. The normalized spacial score (nSPS) is 14.0. The quantitative estimate of drug-likeness (QED) is 0.849. The van der Waals surface area contributed by atoms with Crippen LogP contribution in [0, 0.1) is 17.1 Å². The van der Waals surface area contributed by atoms with Gasteiger partial charge in [-0.05, 0) is 43.5 Å². The van der Waals surface area contributed by atoms with Crippen molar-refractivity contribution in [3.05, 3.63) is 65.0 Å². The van der Waals surface area contributed by atoms with E-state index in [0.29, 0.717) is 16.9 Å². The Morgan fingerprint density at radius 2 is 1.92 bits per heavy atom. The third-order valence-corrected chi connectivity index (χ3v) is 4.33. The standard InChI is InChI=1S/C20H19FN2O2/c21-18-12-15(13-22)8-9-16(18)14-25-19-7-3-2-6-17(19)20(24)23-10-4-1-5-11-23/h2-3,6-9,12H,1,4-5,10-11,14H2. The van der Waals surface area contributed by atoms with Crippen LogP contribution < -0.4 is 4.74 Å². The number of nitriles is 1. The SMILES string of the molecule is N#Cc1ccc(COc2ccccc2C(=O)N2CCCCC2)c(F)c1. The van der Waals surface area contributed by atoms with Crippen LogP contribution in [0.1, 0.15) is 40.7 Å². The van der Waals surface area contributed by atoms with Crippen molar-refractivity contribution >= 4 is 5.91 Å². The number of benzene rings is 2. The summed E-state index contributed by atoms with van der Waals surface area (Å²) in [4.78, 5) is 14.6. The van der Waals surface area contributed by atoms with E-state index < -0.39 is 5.82 Å². The highest BCUT2D eigenvalue weighted by Crippen LogP contribution is 2.23. The van der Waals surface area contributed by atoms with E-state index in [1.807, 2.05) is 11.0 Å². The van der Waals surface area contributed by atoms with Gasteiger partial charge in [0.1, 0.15) is 18.2 Å². The van der Waals surface area contributed by atoms with Gasteiger partial charge in [0.05, 0.1) is 17.2 Å². The molecule has 0 atom stereocenters. The second-order valence-electron chi connectivity index (χ2n) is 6.06. The zero-order valence-corrected chi connectivity index (χ0v) is 13.9. The van der Waals surface area contributed by atoms with Crippen molar-refractivity contribution in [1.29, 1.82) is 5.26 Å². The van der Waals surface area contributed by atoms with Gasteiger partial charge in [0.15, 0.2) is 0 Å². The Labute approximate surface area is 146 Å². The van der Waals surface area contributed by atoms with Gasteiger partial charge in [-0.15, -0.1) is 0 Å². The molecule has 0 aromatic heterocycles. The zero-order valence-electron chi connectivity index (χ0n) is 13.9. The summed E-state index contributed by atoms with van der Waals surface area (Å²) >= 11 is 0. The lowest BCUT2D eigenvalue weighted by Crippen LogP contribution is -2.35. The van der Waals surface area contributed by atoms with Gasteiger partial charge in [0, 0.05) is 18.7 Å². The molecule has 0 N–H and O–H groups in total. The predicted octanol–water partition coefficient (Wildman–Crippen LogP) is 3.90. The Bertz CT molecular complexity index is 808. The van der Waals surface area contributed by atoms with E-state index in [1.165, 1.54) is 12.1 Å². The number of carbonyl (C=O) groups is 1. The lowest BCUT2D eigenvalue weighted by molar-refractivity contribution is 0.0719. The van der Waals surface area contributed by atoms with Gasteiger partial charge in [0.25, 0.3) is 5.91 Å². The molecule has 5 heteroatoms. The van der Waals surface area contributed by atoms with Crippen LogP contribution in [0.25, 0.3) is 0 Å². The zero-order chi connectivity index (χ0) is 17.6. The molecule has 1 aliphatic heterocycles. The fourth-order valence-electron chi connectivity index (χ4n) is 2.93. The molecule has 0 aliphatic carbocycles. The van der Waals surface area contributed by atoms with E-state index in [2.05, 4.69) is 0 Å². The summed E-state index contributed by atoms with van der Waals surface area (Å²) in [5, 5.41) is 8.79. The average molecular weight is 338 g/mol. The minimum absolute atomic E-state index is 0.00182. The molecule has 25 heavy (non-hydrogen) atoms. The van der Waals surface area contributed by atoms with Crippen LogP contribution in [0.3, 0.4) is 0 Å². The van der Waals surface area contributed by atoms with Crippen molar-refractivity contribution in [2.24, 2.45) is 0 Å². The first-order chi connectivity index (χ1) is 12.2. The molecule has 4 nitrogen and oxygen atoms in total. The Hall–Kier alpha value is -2.87. The van der Waals surface area contributed by atoms with E-state index in [9.17, 15) is 9.18 Å². The molecule has 1 aliphatic rings. The monoisotopic (exact) mass is 338 g/mol. The molecule has 2 aromatic carbocycles. The van der Waals surface area contributed by atoms with Crippen molar-refractivity contribution < 1.29 is 13.9 Å². The number of nitrogens with zero attached hydrogens (tertiary/aromatic N) is 2. The fourth-order valence-corrected chi connectivity index (χ4v) is 2.93. The van der Waals surface area contributed by atoms with Crippen LogP contribution in [-0.4, -0.2) is 23.9 Å². The lowest BCUT2D eigenvalue weighted by atomic mass is 10.1. The van der Waals surface area contributed by atoms with E-state index in [0.717, 1.165) is 32.4 Å². The first-order valence-electron chi connectivity index (χ1n) is 8.38. The van der Waals surface area contributed by atoms with Crippen molar-refractivity contribution in [3.8, 4) is 11.8 Å². The van der Waals surface area contributed by atoms with Gasteiger partial charge in [-0.3, -0.25) is 4.79 Å². The van der Waals surface area contributed by atoms with Crippen LogP contribution in [-0.2, 0) is 6.61 Å². The number of rotatable bonds is 4. The van der Waals surface area contributed by atoms with E-state index in [4.69, 9.17) is 10.00 Å². The van der Waals surface area contributed by atoms with Gasteiger partial charge < -0.3 is 9.64 Å². The third-order valence-electron chi connectivity index (χ3n) is 4.33. The van der Waals surface area contributed by atoms with E-state index >= 15 is 0 Å². The molecule has 1 saturated heterocycles. The predicted molar refractivity (Wildman–Crippen MR) is 91.6 cm³/mol. The van der Waals surface area contributed by atoms with Gasteiger partial charge in [0.2, 0.25) is 0 Å². The number of halogens is 1. The molecule has 1 fully saturated rings. The number of hydrogen-bond acceptors (Lipinski definition) is 3. The minimum atomic E-state index is -0.487. The number of carbonyl (C=O) groups excluding carboxylic acids is 1. The number of likely N-dealkylation sites (tertiary alicyclic amines) is 1. The number of piperidine rings is 1. The van der Waals surface area contributed by atoms with Crippen molar-refractivity contribution in [2.75, 3.05) is 13.1 Å². The minimum Gasteiger partial charge on any atom is -0.488 e. The van der Waals surface area contributed by atoms with Crippen molar-refractivity contribution in [2.45, 2.75) is 25.9 Å². The van der Waals surface area contributed by atoms with E-state index in [1.54, 1.807) is 30.3 Å². The maximum absolute atomic E-state index is 14.0. The fraction of sp³-hybridized carbons (Fsp3) is 0.300. The third kappa shape index (κ3) is 3.97.